The van der Waals surface area contributed by atoms with Gasteiger partial charge in [0.25, 0.3) is 0 Å². The maximum Gasteiger partial charge on any atom is -0.0534 e. The molecule has 44 valence electrons. The molecule has 0 aliphatic rings. The second-order valence-electron chi connectivity index (χ2n) is 2.77. The third kappa shape index (κ3) is 2.67. The Morgan fingerprint density at radius 2 is 1.86 bits per heavy atom. The van der Waals surface area contributed by atoms with Crippen LogP contribution in [0.15, 0.2) is 0 Å². The Labute approximate surface area is 46.9 Å². The van der Waals surface area contributed by atoms with Gasteiger partial charge in [-0.2, -0.15) is 6.42 Å². The monoisotopic (exact) mass is 99.1 g/mol. The molecule has 0 amide bonds. The lowest BCUT2D eigenvalue weighted by Gasteiger charge is -2.23. The summed E-state index contributed by atoms with van der Waals surface area (Å²) in [5.41, 5.74) is 0.472. The molecule has 0 saturated carbocycles. The molecule has 0 rings (SSSR count). The fourth-order valence-electron chi connectivity index (χ4n) is 0.177. The zero-order chi connectivity index (χ0) is 5.91. The molecule has 0 aliphatic carbocycles. The van der Waals surface area contributed by atoms with Gasteiger partial charge in [0.05, 0.1) is 0 Å². The summed E-state index contributed by atoms with van der Waals surface area (Å²) < 4.78 is 0. The van der Waals surface area contributed by atoms with E-state index in [-0.39, 0.29) is 0 Å². The SMILES string of the molecule is [CH2-]CC(C)(C)CC. The van der Waals surface area contributed by atoms with Crippen molar-refractivity contribution in [2.45, 2.75) is 33.6 Å². The minimum absolute atomic E-state index is 0.472. The Morgan fingerprint density at radius 1 is 1.43 bits per heavy atom. The van der Waals surface area contributed by atoms with Crippen LogP contribution in [0.5, 0.6) is 0 Å². The first-order chi connectivity index (χ1) is 3.12. The molecular weight excluding hydrogens is 84.1 g/mol. The molecule has 0 atom stereocenters. The van der Waals surface area contributed by atoms with Crippen LogP contribution in [0.25, 0.3) is 0 Å². The Hall–Kier alpha value is 0. The van der Waals surface area contributed by atoms with E-state index in [1.807, 2.05) is 0 Å². The van der Waals surface area contributed by atoms with Gasteiger partial charge in [-0.05, 0) is 0 Å². The van der Waals surface area contributed by atoms with Crippen LogP contribution in [0.1, 0.15) is 33.6 Å². The van der Waals surface area contributed by atoms with Gasteiger partial charge in [-0.25, -0.2) is 0 Å². The largest absolute Gasteiger partial charge is 0.343 e. The van der Waals surface area contributed by atoms with Gasteiger partial charge in [-0.1, -0.05) is 32.6 Å². The normalized spacial score (nSPS) is 12.0. The van der Waals surface area contributed by atoms with Crippen LogP contribution < -0.4 is 0 Å². The summed E-state index contributed by atoms with van der Waals surface area (Å²) in [6.07, 6.45) is 2.28. The highest BCUT2D eigenvalue weighted by molar-refractivity contribution is 4.66. The molecule has 0 aromatic heterocycles. The van der Waals surface area contributed by atoms with Crippen LogP contribution in [0.2, 0.25) is 0 Å². The average molecular weight is 99.2 g/mol. The highest BCUT2D eigenvalue weighted by atomic mass is 14.1. The Morgan fingerprint density at radius 3 is 1.86 bits per heavy atom. The van der Waals surface area contributed by atoms with E-state index in [0.29, 0.717) is 5.41 Å². The second kappa shape index (κ2) is 2.34. The lowest BCUT2D eigenvalue weighted by atomic mass is 9.88. The molecule has 0 nitrogen and oxygen atoms in total. The molecule has 0 fully saturated rings. The summed E-state index contributed by atoms with van der Waals surface area (Å²) in [5.74, 6) is 0. The van der Waals surface area contributed by atoms with E-state index in [4.69, 9.17) is 0 Å². The number of rotatable bonds is 2. The van der Waals surface area contributed by atoms with Crippen molar-refractivity contribution in [3.8, 4) is 0 Å². The zero-order valence-corrected chi connectivity index (χ0v) is 5.62. The van der Waals surface area contributed by atoms with E-state index in [9.17, 15) is 0 Å². The van der Waals surface area contributed by atoms with Crippen LogP contribution in [-0.4, -0.2) is 0 Å². The second-order valence-corrected chi connectivity index (χ2v) is 2.77. The van der Waals surface area contributed by atoms with Gasteiger partial charge >= 0.3 is 0 Å². The van der Waals surface area contributed by atoms with Gasteiger partial charge in [-0.15, -0.1) is 0 Å². The van der Waals surface area contributed by atoms with Crippen LogP contribution in [0.3, 0.4) is 0 Å². The molecule has 7 heavy (non-hydrogen) atoms. The lowest BCUT2D eigenvalue weighted by molar-refractivity contribution is 0.355. The maximum atomic E-state index is 3.83. The first-order valence-electron chi connectivity index (χ1n) is 2.91. The molecule has 0 saturated heterocycles. The van der Waals surface area contributed by atoms with Gasteiger partial charge in [0.1, 0.15) is 0 Å². The van der Waals surface area contributed by atoms with Crippen LogP contribution >= 0.6 is 0 Å². The van der Waals surface area contributed by atoms with Crippen molar-refractivity contribution in [3.05, 3.63) is 6.92 Å². The summed E-state index contributed by atoms with van der Waals surface area (Å²) in [6, 6.07) is 0. The smallest absolute Gasteiger partial charge is 0.0534 e. The van der Waals surface area contributed by atoms with E-state index in [1.54, 1.807) is 0 Å². The van der Waals surface area contributed by atoms with Gasteiger partial charge in [-0.3, -0.25) is 0 Å². The molecule has 0 radical (unpaired) electrons. The maximum absolute atomic E-state index is 3.83. The summed E-state index contributed by atoms with van der Waals surface area (Å²) >= 11 is 0. The molecule has 0 heterocycles. The van der Waals surface area contributed by atoms with Gasteiger partial charge < -0.3 is 6.92 Å². The molecule has 0 heteroatoms. The van der Waals surface area contributed by atoms with Crippen molar-refractivity contribution in [1.29, 1.82) is 0 Å². The highest BCUT2D eigenvalue weighted by Crippen LogP contribution is 2.22. The van der Waals surface area contributed by atoms with E-state index in [1.165, 1.54) is 6.42 Å². The lowest BCUT2D eigenvalue weighted by Crippen LogP contribution is -2.06. The van der Waals surface area contributed by atoms with Gasteiger partial charge in [0, 0.05) is 0 Å². The zero-order valence-electron chi connectivity index (χ0n) is 5.62. The Kier molecular flexibility index (Phi) is 2.34. The molecule has 0 N–H and O–H groups in total. The molecule has 0 aromatic carbocycles. The van der Waals surface area contributed by atoms with Crippen LogP contribution in [0, 0.1) is 12.3 Å². The minimum Gasteiger partial charge on any atom is -0.343 e. The quantitative estimate of drug-likeness (QED) is 0.467. The van der Waals surface area contributed by atoms with Crippen LogP contribution in [-0.2, 0) is 0 Å². The van der Waals surface area contributed by atoms with Gasteiger partial charge in [0.2, 0.25) is 0 Å². The standard InChI is InChI=1S/C7H15/c1-5-7(3,4)6-2/h1,5-6H2,2-4H3/q-1. The third-order valence-corrected chi connectivity index (χ3v) is 1.63. The molecule has 0 aliphatic heterocycles. The molecule has 0 unspecified atom stereocenters. The molecule has 0 bridgehead atoms. The Balaban J connectivity index is 3.36. The first kappa shape index (κ1) is 7.00. The van der Waals surface area contributed by atoms with Crippen molar-refractivity contribution in [3.63, 3.8) is 0 Å². The third-order valence-electron chi connectivity index (χ3n) is 1.63. The number of hydrogen-bond donors (Lipinski definition) is 0. The summed E-state index contributed by atoms with van der Waals surface area (Å²) in [7, 11) is 0. The van der Waals surface area contributed by atoms with Crippen molar-refractivity contribution >= 4 is 0 Å². The predicted octanol–water partition coefficient (Wildman–Crippen LogP) is 2.65. The Bertz CT molecular complexity index is 38.0. The fraction of sp³-hybridized carbons (Fsp3) is 0.857. The van der Waals surface area contributed by atoms with Crippen molar-refractivity contribution in [1.82, 2.24) is 0 Å². The van der Waals surface area contributed by atoms with Crippen molar-refractivity contribution in [2.24, 2.45) is 5.41 Å². The average Bonchev–Trinajstić information content (AvgIpc) is 1.68. The first-order valence-corrected chi connectivity index (χ1v) is 2.91. The summed E-state index contributed by atoms with van der Waals surface area (Å²) in [6.45, 7) is 10.5. The minimum atomic E-state index is 0.472. The highest BCUT2D eigenvalue weighted by Gasteiger charge is 2.05. The van der Waals surface area contributed by atoms with Crippen molar-refractivity contribution < 1.29 is 0 Å². The summed E-state index contributed by atoms with van der Waals surface area (Å²) in [5, 5.41) is 0. The molecule has 0 aromatic rings. The predicted molar refractivity (Wildman–Crippen MR) is 34.0 cm³/mol. The molecule has 0 spiro atoms. The van der Waals surface area contributed by atoms with Crippen LogP contribution in [0.4, 0.5) is 0 Å². The van der Waals surface area contributed by atoms with E-state index >= 15 is 0 Å². The fourth-order valence-corrected chi connectivity index (χ4v) is 0.177. The molecular formula is C7H15-. The van der Waals surface area contributed by atoms with E-state index in [0.717, 1.165) is 6.42 Å². The summed E-state index contributed by atoms with van der Waals surface area (Å²) in [4.78, 5) is 0. The topological polar surface area (TPSA) is 0 Å². The van der Waals surface area contributed by atoms with Crippen molar-refractivity contribution in [2.75, 3.05) is 0 Å². The van der Waals surface area contributed by atoms with E-state index < -0.39 is 0 Å². The number of hydrogen-bond acceptors (Lipinski definition) is 0. The van der Waals surface area contributed by atoms with E-state index in [2.05, 4.69) is 27.7 Å². The van der Waals surface area contributed by atoms with Gasteiger partial charge in [0.15, 0.2) is 0 Å².